The summed E-state index contributed by atoms with van der Waals surface area (Å²) in [4.78, 5) is 2.35. The molecule has 6 nitrogen and oxygen atoms in total. The van der Waals surface area contributed by atoms with E-state index in [2.05, 4.69) is 28.9 Å². The van der Waals surface area contributed by atoms with Gasteiger partial charge in [0, 0.05) is 18.3 Å². The Hall–Kier alpha value is -1.31. The molecule has 0 aliphatic carbocycles. The highest BCUT2D eigenvalue weighted by Crippen LogP contribution is 2.23. The van der Waals surface area contributed by atoms with Crippen molar-refractivity contribution in [3.8, 4) is 0 Å². The van der Waals surface area contributed by atoms with Crippen LogP contribution < -0.4 is 15.2 Å². The van der Waals surface area contributed by atoms with E-state index in [0.29, 0.717) is 17.6 Å². The molecule has 0 aromatic heterocycles. The zero-order chi connectivity index (χ0) is 15.5. The molecule has 1 aromatic carbocycles. The number of hydrogen-bond acceptors (Lipinski definition) is 4. The summed E-state index contributed by atoms with van der Waals surface area (Å²) < 4.78 is 24.4. The van der Waals surface area contributed by atoms with Crippen molar-refractivity contribution in [2.75, 3.05) is 30.2 Å². The number of nitrogens with one attached hydrogen (secondary N) is 2. The highest BCUT2D eigenvalue weighted by atomic mass is 32.2. The van der Waals surface area contributed by atoms with Crippen LogP contribution in [-0.2, 0) is 10.2 Å². The first-order valence-corrected chi connectivity index (χ1v) is 8.74. The third-order valence-electron chi connectivity index (χ3n) is 3.89. The summed E-state index contributed by atoms with van der Waals surface area (Å²) >= 11 is 0. The van der Waals surface area contributed by atoms with Crippen molar-refractivity contribution in [2.45, 2.75) is 25.8 Å². The van der Waals surface area contributed by atoms with Crippen molar-refractivity contribution >= 4 is 21.6 Å². The molecule has 1 fully saturated rings. The maximum Gasteiger partial charge on any atom is 0.296 e. The van der Waals surface area contributed by atoms with Crippen LogP contribution in [0, 0.1) is 5.92 Å². The van der Waals surface area contributed by atoms with Crippen LogP contribution in [0.3, 0.4) is 0 Å². The number of hydrogen-bond donors (Lipinski definition) is 3. The predicted molar refractivity (Wildman–Crippen MR) is 86.5 cm³/mol. The summed E-state index contributed by atoms with van der Waals surface area (Å²) in [5.74, 6) is 0.596. The Labute approximate surface area is 126 Å². The van der Waals surface area contributed by atoms with Gasteiger partial charge in [-0.05, 0) is 57.5 Å². The minimum atomic E-state index is -3.73. The lowest BCUT2D eigenvalue weighted by molar-refractivity contribution is 0.197. The van der Waals surface area contributed by atoms with Crippen LogP contribution in [-0.4, -0.2) is 39.5 Å². The van der Waals surface area contributed by atoms with Gasteiger partial charge in [0.25, 0.3) is 10.2 Å². The second-order valence-corrected chi connectivity index (χ2v) is 7.12. The fourth-order valence-electron chi connectivity index (χ4n) is 2.83. The Bertz CT molecular complexity index is 576. The Morgan fingerprint density at radius 3 is 2.76 bits per heavy atom. The normalized spacial score (nSPS) is 21.8. The van der Waals surface area contributed by atoms with Gasteiger partial charge in [-0.15, -0.1) is 0 Å². The van der Waals surface area contributed by atoms with Crippen molar-refractivity contribution in [2.24, 2.45) is 11.1 Å². The molecule has 1 heterocycles. The van der Waals surface area contributed by atoms with Gasteiger partial charge < -0.3 is 10.2 Å². The first-order valence-electron chi connectivity index (χ1n) is 7.19. The standard InChI is InChI=1S/C14H24N4O2S/c1-11(12-5-4-8-18(2)10-12)16-13-6-3-7-14(9-13)17-21(15,19)20/h3,6-7,9,11-12,16-17H,4-5,8,10H2,1-2H3,(H2,15,19,20). The summed E-state index contributed by atoms with van der Waals surface area (Å²) in [7, 11) is -1.59. The molecule has 118 valence electrons. The van der Waals surface area contributed by atoms with Crippen LogP contribution in [0.1, 0.15) is 19.8 Å². The maximum atomic E-state index is 11.1. The molecule has 2 rings (SSSR count). The molecular weight excluding hydrogens is 288 g/mol. The quantitative estimate of drug-likeness (QED) is 0.768. The molecule has 0 bridgehead atoms. The van der Waals surface area contributed by atoms with Gasteiger partial charge in [-0.25, -0.2) is 5.14 Å². The van der Waals surface area contributed by atoms with Crippen LogP contribution in [0.4, 0.5) is 11.4 Å². The van der Waals surface area contributed by atoms with Crippen molar-refractivity contribution in [3.05, 3.63) is 24.3 Å². The van der Waals surface area contributed by atoms with E-state index in [0.717, 1.165) is 18.8 Å². The van der Waals surface area contributed by atoms with E-state index in [-0.39, 0.29) is 0 Å². The zero-order valence-electron chi connectivity index (χ0n) is 12.5. The van der Waals surface area contributed by atoms with E-state index in [4.69, 9.17) is 5.14 Å². The third kappa shape index (κ3) is 5.18. The molecule has 1 aliphatic heterocycles. The fourth-order valence-corrected chi connectivity index (χ4v) is 3.29. The highest BCUT2D eigenvalue weighted by molar-refractivity contribution is 7.90. The predicted octanol–water partition coefficient (Wildman–Crippen LogP) is 1.44. The molecule has 0 saturated carbocycles. The van der Waals surface area contributed by atoms with Crippen LogP contribution >= 0.6 is 0 Å². The Morgan fingerprint density at radius 1 is 1.38 bits per heavy atom. The summed E-state index contributed by atoms with van der Waals surface area (Å²) in [5.41, 5.74) is 1.36. The van der Waals surface area contributed by atoms with E-state index in [1.807, 2.05) is 6.07 Å². The summed E-state index contributed by atoms with van der Waals surface area (Å²) in [5, 5.41) is 8.44. The van der Waals surface area contributed by atoms with Gasteiger partial charge in [0.05, 0.1) is 5.69 Å². The van der Waals surface area contributed by atoms with Gasteiger partial charge in [0.15, 0.2) is 0 Å². The summed E-state index contributed by atoms with van der Waals surface area (Å²) in [6.07, 6.45) is 2.44. The molecule has 0 spiro atoms. The smallest absolute Gasteiger partial charge is 0.296 e. The van der Waals surface area contributed by atoms with Gasteiger partial charge in [0.2, 0.25) is 0 Å². The average molecular weight is 312 g/mol. The SMILES string of the molecule is CC(Nc1cccc(NS(N)(=O)=O)c1)C1CCCN(C)C1. The molecule has 0 amide bonds. The minimum Gasteiger partial charge on any atom is -0.382 e. The molecule has 1 aromatic rings. The first-order chi connectivity index (χ1) is 9.83. The lowest BCUT2D eigenvalue weighted by Gasteiger charge is -2.34. The number of anilines is 2. The molecule has 21 heavy (non-hydrogen) atoms. The van der Waals surface area contributed by atoms with Crippen molar-refractivity contribution < 1.29 is 8.42 Å². The van der Waals surface area contributed by atoms with Crippen LogP contribution in [0.5, 0.6) is 0 Å². The lowest BCUT2D eigenvalue weighted by Crippen LogP contribution is -2.39. The van der Waals surface area contributed by atoms with E-state index < -0.39 is 10.2 Å². The van der Waals surface area contributed by atoms with Crippen LogP contribution in [0.25, 0.3) is 0 Å². The minimum absolute atomic E-state index is 0.331. The van der Waals surface area contributed by atoms with Gasteiger partial charge in [0.1, 0.15) is 0 Å². The molecule has 2 unspecified atom stereocenters. The molecule has 0 radical (unpaired) electrons. The zero-order valence-corrected chi connectivity index (χ0v) is 13.4. The monoisotopic (exact) mass is 312 g/mol. The van der Waals surface area contributed by atoms with Crippen LogP contribution in [0.2, 0.25) is 0 Å². The number of benzene rings is 1. The van der Waals surface area contributed by atoms with E-state index in [1.54, 1.807) is 18.2 Å². The number of likely N-dealkylation sites (tertiary alicyclic amines) is 1. The number of piperidine rings is 1. The van der Waals surface area contributed by atoms with Gasteiger partial charge in [-0.1, -0.05) is 6.07 Å². The summed E-state index contributed by atoms with van der Waals surface area (Å²) in [6, 6.07) is 7.49. The van der Waals surface area contributed by atoms with Crippen molar-refractivity contribution in [1.82, 2.24) is 4.90 Å². The van der Waals surface area contributed by atoms with Crippen molar-refractivity contribution in [3.63, 3.8) is 0 Å². The van der Waals surface area contributed by atoms with Gasteiger partial charge in [-0.3, -0.25) is 4.72 Å². The number of rotatable bonds is 5. The Kier molecular flexibility index (Phi) is 5.08. The Morgan fingerprint density at radius 2 is 2.10 bits per heavy atom. The van der Waals surface area contributed by atoms with E-state index in [9.17, 15) is 8.42 Å². The largest absolute Gasteiger partial charge is 0.382 e. The van der Waals surface area contributed by atoms with E-state index >= 15 is 0 Å². The van der Waals surface area contributed by atoms with Crippen LogP contribution in [0.15, 0.2) is 24.3 Å². The lowest BCUT2D eigenvalue weighted by atomic mass is 9.92. The second kappa shape index (κ2) is 6.64. The fraction of sp³-hybridized carbons (Fsp3) is 0.571. The number of nitrogens with two attached hydrogens (primary N) is 1. The molecular formula is C14H24N4O2S. The molecule has 7 heteroatoms. The van der Waals surface area contributed by atoms with Gasteiger partial charge in [-0.2, -0.15) is 8.42 Å². The third-order valence-corrected chi connectivity index (χ3v) is 4.41. The average Bonchev–Trinajstić information content (AvgIpc) is 2.37. The maximum absolute atomic E-state index is 11.1. The molecule has 4 N–H and O–H groups in total. The highest BCUT2D eigenvalue weighted by Gasteiger charge is 2.22. The molecule has 1 saturated heterocycles. The van der Waals surface area contributed by atoms with Crippen molar-refractivity contribution in [1.29, 1.82) is 0 Å². The second-order valence-electron chi connectivity index (χ2n) is 5.83. The first kappa shape index (κ1) is 16.1. The number of nitrogens with zero attached hydrogens (tertiary/aromatic N) is 1. The van der Waals surface area contributed by atoms with Gasteiger partial charge >= 0.3 is 0 Å². The molecule has 2 atom stereocenters. The topological polar surface area (TPSA) is 87.5 Å². The van der Waals surface area contributed by atoms with E-state index in [1.165, 1.54) is 12.8 Å². The molecule has 1 aliphatic rings. The Balaban J connectivity index is 2.00. The summed E-state index contributed by atoms with van der Waals surface area (Å²) in [6.45, 7) is 4.42.